The van der Waals surface area contributed by atoms with Crippen molar-refractivity contribution in [1.29, 1.82) is 0 Å². The number of nitrogens with zero attached hydrogens (tertiary/aromatic N) is 1. The van der Waals surface area contributed by atoms with Crippen LogP contribution in [0.2, 0.25) is 0 Å². The van der Waals surface area contributed by atoms with Gasteiger partial charge in [0.2, 0.25) is 5.91 Å². The zero-order valence-corrected chi connectivity index (χ0v) is 10.9. The summed E-state index contributed by atoms with van der Waals surface area (Å²) in [6.07, 6.45) is 3.55. The summed E-state index contributed by atoms with van der Waals surface area (Å²) in [5, 5.41) is 2.88. The lowest BCUT2D eigenvalue weighted by Crippen LogP contribution is -2.48. The molecule has 1 aromatic heterocycles. The highest BCUT2D eigenvalue weighted by Gasteiger charge is 2.36. The molecule has 1 aromatic carbocycles. The topological polar surface area (TPSA) is 81.2 Å². The van der Waals surface area contributed by atoms with Crippen LogP contribution in [-0.4, -0.2) is 16.4 Å². The number of oxazole rings is 1. The van der Waals surface area contributed by atoms with Crippen LogP contribution < -0.4 is 11.1 Å². The van der Waals surface area contributed by atoms with Crippen LogP contribution in [0.4, 0.5) is 5.69 Å². The molecule has 3 N–H and O–H groups in total. The summed E-state index contributed by atoms with van der Waals surface area (Å²) in [6, 6.07) is 5.42. The van der Waals surface area contributed by atoms with Crippen molar-refractivity contribution in [1.82, 2.24) is 4.98 Å². The molecule has 1 aliphatic rings. The predicted octanol–water partition coefficient (Wildman–Crippen LogP) is 2.35. The van der Waals surface area contributed by atoms with Crippen LogP contribution in [-0.2, 0) is 4.79 Å². The lowest BCUT2D eigenvalue weighted by Gasteiger charge is -2.22. The monoisotopic (exact) mass is 259 g/mol. The van der Waals surface area contributed by atoms with Gasteiger partial charge in [-0.05, 0) is 31.0 Å². The first-order valence-corrected chi connectivity index (χ1v) is 6.54. The first-order chi connectivity index (χ1) is 9.07. The highest BCUT2D eigenvalue weighted by atomic mass is 16.3. The van der Waals surface area contributed by atoms with Gasteiger partial charge < -0.3 is 15.5 Å². The fourth-order valence-corrected chi connectivity index (χ4v) is 2.61. The van der Waals surface area contributed by atoms with Gasteiger partial charge in [-0.2, -0.15) is 0 Å². The van der Waals surface area contributed by atoms with Gasteiger partial charge in [0.15, 0.2) is 11.5 Å². The molecule has 100 valence electrons. The molecular weight excluding hydrogens is 242 g/mol. The second-order valence-electron chi connectivity index (χ2n) is 5.23. The molecule has 1 heterocycles. The smallest absolute Gasteiger partial charge is 0.244 e. The van der Waals surface area contributed by atoms with E-state index in [1.807, 2.05) is 18.2 Å². The average molecular weight is 259 g/mol. The molecular formula is C14H17N3O2. The average Bonchev–Trinajstić information content (AvgIpc) is 2.95. The summed E-state index contributed by atoms with van der Waals surface area (Å²) in [5.41, 5.74) is 7.58. The number of carbonyl (C=O) groups excluding carboxylic acids is 1. The Kier molecular flexibility index (Phi) is 2.78. The third-order valence-corrected chi connectivity index (χ3v) is 3.70. The summed E-state index contributed by atoms with van der Waals surface area (Å²) in [5.74, 6) is 0.508. The third kappa shape index (κ3) is 2.21. The van der Waals surface area contributed by atoms with E-state index >= 15 is 0 Å². The van der Waals surface area contributed by atoms with Crippen molar-refractivity contribution >= 4 is 22.7 Å². The minimum Gasteiger partial charge on any atom is -0.441 e. The van der Waals surface area contributed by atoms with E-state index in [1.54, 1.807) is 6.92 Å². The Balaban J connectivity index is 1.82. The standard InChI is InChI=1S/C14H17N3O2/c1-9-16-11-8-10(4-5-12(11)19-9)17-13(18)14(15)6-2-3-7-14/h4-5,8H,2-3,6-7,15H2,1H3,(H,17,18). The zero-order valence-electron chi connectivity index (χ0n) is 10.9. The molecule has 1 aliphatic carbocycles. The molecule has 1 saturated carbocycles. The zero-order chi connectivity index (χ0) is 13.5. The molecule has 0 radical (unpaired) electrons. The minimum absolute atomic E-state index is 0.107. The number of nitrogens with two attached hydrogens (primary N) is 1. The van der Waals surface area contributed by atoms with Crippen LogP contribution in [0.25, 0.3) is 11.1 Å². The highest BCUT2D eigenvalue weighted by Crippen LogP contribution is 2.29. The normalized spacial score (nSPS) is 17.8. The van der Waals surface area contributed by atoms with Crippen LogP contribution in [0.5, 0.6) is 0 Å². The van der Waals surface area contributed by atoms with Crippen molar-refractivity contribution in [3.8, 4) is 0 Å². The number of anilines is 1. The Bertz CT molecular complexity index is 627. The summed E-state index contributed by atoms with van der Waals surface area (Å²) in [6.45, 7) is 1.80. The maximum Gasteiger partial charge on any atom is 0.244 e. The largest absolute Gasteiger partial charge is 0.441 e. The molecule has 0 unspecified atom stereocenters. The molecule has 0 spiro atoms. The number of fused-ring (bicyclic) bond motifs is 1. The van der Waals surface area contributed by atoms with E-state index < -0.39 is 5.54 Å². The van der Waals surface area contributed by atoms with E-state index in [4.69, 9.17) is 10.2 Å². The van der Waals surface area contributed by atoms with Gasteiger partial charge in [-0.15, -0.1) is 0 Å². The molecule has 0 saturated heterocycles. The van der Waals surface area contributed by atoms with Crippen molar-refractivity contribution < 1.29 is 9.21 Å². The van der Waals surface area contributed by atoms with Crippen LogP contribution in [0.3, 0.4) is 0 Å². The predicted molar refractivity (Wildman–Crippen MR) is 72.8 cm³/mol. The first kappa shape index (κ1) is 12.2. The fraction of sp³-hybridized carbons (Fsp3) is 0.429. The molecule has 5 heteroatoms. The molecule has 2 aromatic rings. The molecule has 0 bridgehead atoms. The molecule has 19 heavy (non-hydrogen) atoms. The van der Waals surface area contributed by atoms with E-state index in [0.29, 0.717) is 11.6 Å². The van der Waals surface area contributed by atoms with Crippen LogP contribution in [0.1, 0.15) is 31.6 Å². The first-order valence-electron chi connectivity index (χ1n) is 6.54. The van der Waals surface area contributed by atoms with Gasteiger partial charge in [0.1, 0.15) is 5.52 Å². The lowest BCUT2D eigenvalue weighted by molar-refractivity contribution is -0.121. The van der Waals surface area contributed by atoms with Crippen molar-refractivity contribution in [2.24, 2.45) is 5.73 Å². The number of hydrogen-bond donors (Lipinski definition) is 2. The number of nitrogens with one attached hydrogen (secondary N) is 1. The highest BCUT2D eigenvalue weighted by molar-refractivity contribution is 5.99. The Morgan fingerprint density at radius 2 is 2.16 bits per heavy atom. The number of aryl methyl sites for hydroxylation is 1. The van der Waals surface area contributed by atoms with Gasteiger partial charge in [-0.25, -0.2) is 4.98 Å². The van der Waals surface area contributed by atoms with Crippen molar-refractivity contribution in [2.75, 3.05) is 5.32 Å². The van der Waals surface area contributed by atoms with Crippen LogP contribution in [0.15, 0.2) is 22.6 Å². The Labute approximate surface area is 111 Å². The van der Waals surface area contributed by atoms with Crippen molar-refractivity contribution in [3.05, 3.63) is 24.1 Å². The second kappa shape index (κ2) is 4.35. The number of rotatable bonds is 2. The Morgan fingerprint density at radius 3 is 2.89 bits per heavy atom. The van der Waals surface area contributed by atoms with Gasteiger partial charge >= 0.3 is 0 Å². The van der Waals surface area contributed by atoms with Gasteiger partial charge in [0, 0.05) is 12.6 Å². The van der Waals surface area contributed by atoms with E-state index in [9.17, 15) is 4.79 Å². The quantitative estimate of drug-likeness (QED) is 0.867. The molecule has 3 rings (SSSR count). The fourth-order valence-electron chi connectivity index (χ4n) is 2.61. The second-order valence-corrected chi connectivity index (χ2v) is 5.23. The number of benzene rings is 1. The number of amides is 1. The van der Waals surface area contributed by atoms with E-state index in [2.05, 4.69) is 10.3 Å². The van der Waals surface area contributed by atoms with Gasteiger partial charge in [0.05, 0.1) is 5.54 Å². The molecule has 1 amide bonds. The van der Waals surface area contributed by atoms with Gasteiger partial charge in [0.25, 0.3) is 0 Å². The molecule has 0 atom stereocenters. The maximum atomic E-state index is 12.2. The van der Waals surface area contributed by atoms with Gasteiger partial charge in [-0.1, -0.05) is 12.8 Å². The van der Waals surface area contributed by atoms with E-state index in [-0.39, 0.29) is 5.91 Å². The summed E-state index contributed by atoms with van der Waals surface area (Å²) in [4.78, 5) is 16.4. The number of aromatic nitrogens is 1. The van der Waals surface area contributed by atoms with E-state index in [1.165, 1.54) is 0 Å². The van der Waals surface area contributed by atoms with Crippen LogP contribution >= 0.6 is 0 Å². The van der Waals surface area contributed by atoms with Gasteiger partial charge in [-0.3, -0.25) is 4.79 Å². The SMILES string of the molecule is Cc1nc2cc(NC(=O)C3(N)CCCC3)ccc2o1. The van der Waals surface area contributed by atoms with Crippen molar-refractivity contribution in [2.45, 2.75) is 38.1 Å². The summed E-state index contributed by atoms with van der Waals surface area (Å²) >= 11 is 0. The number of carbonyl (C=O) groups is 1. The molecule has 0 aliphatic heterocycles. The third-order valence-electron chi connectivity index (χ3n) is 3.70. The summed E-state index contributed by atoms with van der Waals surface area (Å²) < 4.78 is 5.40. The Morgan fingerprint density at radius 1 is 1.42 bits per heavy atom. The lowest BCUT2D eigenvalue weighted by atomic mass is 9.98. The molecule has 1 fully saturated rings. The molecule has 5 nitrogen and oxygen atoms in total. The van der Waals surface area contributed by atoms with Crippen LogP contribution in [0, 0.1) is 6.92 Å². The van der Waals surface area contributed by atoms with E-state index in [0.717, 1.165) is 36.8 Å². The summed E-state index contributed by atoms with van der Waals surface area (Å²) in [7, 11) is 0. The minimum atomic E-state index is -0.714. The number of hydrogen-bond acceptors (Lipinski definition) is 4. The maximum absolute atomic E-state index is 12.2. The van der Waals surface area contributed by atoms with Crippen molar-refractivity contribution in [3.63, 3.8) is 0 Å². The Hall–Kier alpha value is -1.88.